The largest absolute Gasteiger partial charge is 0.477 e. The van der Waals surface area contributed by atoms with Crippen LogP contribution in [0.1, 0.15) is 15.2 Å². The number of thiophene rings is 1. The first kappa shape index (κ1) is 11.2. The topological polar surface area (TPSA) is 37.3 Å². The van der Waals surface area contributed by atoms with Crippen molar-refractivity contribution in [1.29, 1.82) is 0 Å². The van der Waals surface area contributed by atoms with Crippen LogP contribution in [0.3, 0.4) is 0 Å². The van der Waals surface area contributed by atoms with Crippen molar-refractivity contribution in [2.45, 2.75) is 16.0 Å². The van der Waals surface area contributed by atoms with Crippen LogP contribution in [-0.2, 0) is 0 Å². The van der Waals surface area contributed by atoms with Crippen molar-refractivity contribution in [2.75, 3.05) is 0 Å². The Balaban J connectivity index is 2.14. The summed E-state index contributed by atoms with van der Waals surface area (Å²) < 4.78 is 1.00. The van der Waals surface area contributed by atoms with E-state index in [0.29, 0.717) is 4.88 Å². The fourth-order valence-corrected chi connectivity index (χ4v) is 3.15. The van der Waals surface area contributed by atoms with E-state index >= 15 is 0 Å². The summed E-state index contributed by atoms with van der Waals surface area (Å²) in [6.45, 7) is 2.04. The van der Waals surface area contributed by atoms with Gasteiger partial charge in [-0.25, -0.2) is 4.79 Å². The summed E-state index contributed by atoms with van der Waals surface area (Å²) in [5, 5.41) is 8.80. The van der Waals surface area contributed by atoms with Crippen LogP contribution in [0.25, 0.3) is 0 Å². The summed E-state index contributed by atoms with van der Waals surface area (Å²) in [5.41, 5.74) is 1.22. The van der Waals surface area contributed by atoms with Crippen LogP contribution in [0.15, 0.2) is 45.5 Å². The highest BCUT2D eigenvalue weighted by Gasteiger charge is 2.07. The predicted molar refractivity (Wildman–Crippen MR) is 66.6 cm³/mol. The molecule has 0 unspecified atom stereocenters. The van der Waals surface area contributed by atoms with Gasteiger partial charge >= 0.3 is 5.97 Å². The molecule has 1 heterocycles. The molecule has 0 radical (unpaired) electrons. The molecule has 82 valence electrons. The zero-order valence-corrected chi connectivity index (χ0v) is 10.3. The SMILES string of the molecule is Cc1ccc(Sc2ccc(C(=O)O)s2)cc1. The molecule has 0 amide bonds. The number of aryl methyl sites for hydroxylation is 1. The van der Waals surface area contributed by atoms with Gasteiger partial charge in [0.2, 0.25) is 0 Å². The Morgan fingerprint density at radius 3 is 2.44 bits per heavy atom. The molecule has 0 fully saturated rings. The van der Waals surface area contributed by atoms with Crippen molar-refractivity contribution in [2.24, 2.45) is 0 Å². The van der Waals surface area contributed by atoms with Crippen molar-refractivity contribution in [3.05, 3.63) is 46.8 Å². The minimum absolute atomic E-state index is 0.384. The molecule has 0 spiro atoms. The van der Waals surface area contributed by atoms with Gasteiger partial charge < -0.3 is 5.11 Å². The molecule has 1 N–H and O–H groups in total. The van der Waals surface area contributed by atoms with Crippen LogP contribution in [0.5, 0.6) is 0 Å². The van der Waals surface area contributed by atoms with Gasteiger partial charge in [0, 0.05) is 4.90 Å². The smallest absolute Gasteiger partial charge is 0.345 e. The van der Waals surface area contributed by atoms with Gasteiger partial charge in [-0.1, -0.05) is 29.5 Å². The Kier molecular flexibility index (Phi) is 3.31. The molecule has 0 bridgehead atoms. The molecule has 0 aliphatic rings. The quantitative estimate of drug-likeness (QED) is 0.897. The molecule has 4 heteroatoms. The fraction of sp³-hybridized carbons (Fsp3) is 0.0833. The molecule has 0 saturated heterocycles. The first-order valence-corrected chi connectivity index (χ1v) is 6.36. The van der Waals surface area contributed by atoms with Crippen LogP contribution in [0.2, 0.25) is 0 Å². The normalized spacial score (nSPS) is 10.3. The fourth-order valence-electron chi connectivity index (χ4n) is 1.21. The van der Waals surface area contributed by atoms with Crippen LogP contribution in [-0.4, -0.2) is 11.1 Å². The number of benzene rings is 1. The van der Waals surface area contributed by atoms with Crippen LogP contribution >= 0.6 is 23.1 Å². The average molecular weight is 250 g/mol. The Hall–Kier alpha value is -1.26. The molecule has 2 aromatic rings. The number of hydrogen-bond acceptors (Lipinski definition) is 3. The van der Waals surface area contributed by atoms with Crippen molar-refractivity contribution < 1.29 is 9.90 Å². The Morgan fingerprint density at radius 1 is 1.19 bits per heavy atom. The molecule has 0 saturated carbocycles. The van der Waals surface area contributed by atoms with E-state index in [4.69, 9.17) is 5.11 Å². The second-order valence-electron chi connectivity index (χ2n) is 3.34. The van der Waals surface area contributed by atoms with Crippen molar-refractivity contribution >= 4 is 29.1 Å². The van der Waals surface area contributed by atoms with E-state index < -0.39 is 5.97 Å². The van der Waals surface area contributed by atoms with E-state index in [1.807, 2.05) is 37.3 Å². The molecule has 2 rings (SSSR count). The van der Waals surface area contributed by atoms with Crippen LogP contribution < -0.4 is 0 Å². The zero-order valence-electron chi connectivity index (χ0n) is 8.64. The lowest BCUT2D eigenvalue weighted by Crippen LogP contribution is -1.89. The molecule has 2 nitrogen and oxygen atoms in total. The van der Waals surface area contributed by atoms with Crippen molar-refractivity contribution in [3.8, 4) is 0 Å². The van der Waals surface area contributed by atoms with Gasteiger partial charge in [-0.2, -0.15) is 0 Å². The summed E-state index contributed by atoms with van der Waals surface area (Å²) in [6.07, 6.45) is 0. The van der Waals surface area contributed by atoms with E-state index in [1.54, 1.807) is 17.8 Å². The second-order valence-corrected chi connectivity index (χ2v) is 5.80. The predicted octanol–water partition coefficient (Wildman–Crippen LogP) is 3.91. The summed E-state index contributed by atoms with van der Waals surface area (Å²) >= 11 is 2.89. The number of carbonyl (C=O) groups is 1. The molecule has 1 aromatic carbocycles. The summed E-state index contributed by atoms with van der Waals surface area (Å²) in [4.78, 5) is 12.2. The molecular weight excluding hydrogens is 240 g/mol. The number of carboxylic acid groups (broad SMARTS) is 1. The monoisotopic (exact) mass is 250 g/mol. The molecule has 0 aliphatic heterocycles. The average Bonchev–Trinajstić information content (AvgIpc) is 2.70. The number of hydrogen-bond donors (Lipinski definition) is 1. The van der Waals surface area contributed by atoms with Gasteiger partial charge in [-0.3, -0.25) is 0 Å². The third-order valence-corrected chi connectivity index (χ3v) is 4.24. The lowest BCUT2D eigenvalue weighted by Gasteiger charge is -1.98. The van der Waals surface area contributed by atoms with Crippen molar-refractivity contribution in [3.63, 3.8) is 0 Å². The minimum Gasteiger partial charge on any atom is -0.477 e. The highest BCUT2D eigenvalue weighted by atomic mass is 32.2. The number of rotatable bonds is 3. The van der Waals surface area contributed by atoms with Gasteiger partial charge in [-0.05, 0) is 31.2 Å². The zero-order chi connectivity index (χ0) is 11.5. The first-order valence-electron chi connectivity index (χ1n) is 4.73. The summed E-state index contributed by atoms with van der Waals surface area (Å²) in [5.74, 6) is -0.860. The standard InChI is InChI=1S/C12H10O2S2/c1-8-2-4-9(5-3-8)15-11-7-6-10(16-11)12(13)14/h2-7H,1H3,(H,13,14). The lowest BCUT2D eigenvalue weighted by molar-refractivity contribution is 0.0702. The van der Waals surface area contributed by atoms with Crippen molar-refractivity contribution in [1.82, 2.24) is 0 Å². The third kappa shape index (κ3) is 2.65. The molecule has 16 heavy (non-hydrogen) atoms. The highest BCUT2D eigenvalue weighted by molar-refractivity contribution is 8.01. The molecule has 0 atom stereocenters. The Bertz CT molecular complexity index is 500. The summed E-state index contributed by atoms with van der Waals surface area (Å²) in [6, 6.07) is 11.7. The summed E-state index contributed by atoms with van der Waals surface area (Å²) in [7, 11) is 0. The molecular formula is C12H10O2S2. The van der Waals surface area contributed by atoms with E-state index in [2.05, 4.69) is 0 Å². The molecule has 1 aromatic heterocycles. The number of carboxylic acids is 1. The van der Waals surface area contributed by atoms with Gasteiger partial charge in [-0.15, -0.1) is 11.3 Å². The van der Waals surface area contributed by atoms with E-state index in [1.165, 1.54) is 16.9 Å². The Labute approximate surface area is 102 Å². The van der Waals surface area contributed by atoms with Gasteiger partial charge in [0.15, 0.2) is 0 Å². The van der Waals surface area contributed by atoms with Gasteiger partial charge in [0.05, 0.1) is 4.21 Å². The van der Waals surface area contributed by atoms with E-state index in [9.17, 15) is 4.79 Å². The minimum atomic E-state index is -0.860. The van der Waals surface area contributed by atoms with Gasteiger partial charge in [0.1, 0.15) is 4.88 Å². The van der Waals surface area contributed by atoms with Crippen LogP contribution in [0, 0.1) is 6.92 Å². The highest BCUT2D eigenvalue weighted by Crippen LogP contribution is 2.33. The number of aromatic carboxylic acids is 1. The maximum atomic E-state index is 10.7. The Morgan fingerprint density at radius 2 is 1.88 bits per heavy atom. The lowest BCUT2D eigenvalue weighted by atomic mass is 10.2. The van der Waals surface area contributed by atoms with E-state index in [-0.39, 0.29) is 0 Å². The third-order valence-electron chi connectivity index (χ3n) is 2.03. The van der Waals surface area contributed by atoms with E-state index in [0.717, 1.165) is 9.10 Å². The van der Waals surface area contributed by atoms with Gasteiger partial charge in [0.25, 0.3) is 0 Å². The second kappa shape index (κ2) is 4.72. The maximum absolute atomic E-state index is 10.7. The van der Waals surface area contributed by atoms with Crippen LogP contribution in [0.4, 0.5) is 0 Å². The first-order chi connectivity index (χ1) is 7.65. The molecule has 0 aliphatic carbocycles. The maximum Gasteiger partial charge on any atom is 0.345 e.